The smallest absolute Gasteiger partial charge is 0.124 e. The lowest BCUT2D eigenvalue weighted by Crippen LogP contribution is -2.22. The third-order valence-corrected chi connectivity index (χ3v) is 5.45. The first-order chi connectivity index (χ1) is 13.8. The maximum absolute atomic E-state index is 10.6. The number of aromatic hydroxyl groups is 2. The Bertz CT molecular complexity index is 712. The fourth-order valence-electron chi connectivity index (χ4n) is 3.71. The maximum atomic E-state index is 10.6. The van der Waals surface area contributed by atoms with Crippen molar-refractivity contribution in [2.45, 2.75) is 45.4 Å². The topological polar surface area (TPSA) is 88.6 Å². The van der Waals surface area contributed by atoms with Crippen LogP contribution >= 0.6 is 0 Å². The zero-order chi connectivity index (χ0) is 21.6. The van der Waals surface area contributed by atoms with Crippen LogP contribution in [0, 0.1) is 0 Å². The van der Waals surface area contributed by atoms with Gasteiger partial charge in [-0.2, -0.15) is 0 Å². The van der Waals surface area contributed by atoms with Gasteiger partial charge in [0.05, 0.1) is 0 Å². The van der Waals surface area contributed by atoms with E-state index in [9.17, 15) is 10.2 Å². The van der Waals surface area contributed by atoms with Gasteiger partial charge in [0.15, 0.2) is 0 Å². The van der Waals surface area contributed by atoms with E-state index in [1.165, 1.54) is 0 Å². The molecule has 160 valence electrons. The Morgan fingerprint density at radius 3 is 1.03 bits per heavy atom. The summed E-state index contributed by atoms with van der Waals surface area (Å²) in [7, 11) is 7.51. The second kappa shape index (κ2) is 10.1. The maximum Gasteiger partial charge on any atom is 0.124 e. The molecule has 6 N–H and O–H groups in total. The second-order valence-electron chi connectivity index (χ2n) is 8.03. The highest BCUT2D eigenvalue weighted by molar-refractivity contribution is 5.52. The summed E-state index contributed by atoms with van der Waals surface area (Å²) < 4.78 is 0. The van der Waals surface area contributed by atoms with Crippen LogP contribution in [-0.4, -0.2) is 38.4 Å². The van der Waals surface area contributed by atoms with Gasteiger partial charge in [-0.1, -0.05) is 13.8 Å². The highest BCUT2D eigenvalue weighted by Crippen LogP contribution is 2.38. The van der Waals surface area contributed by atoms with Gasteiger partial charge < -0.3 is 31.5 Å². The van der Waals surface area contributed by atoms with E-state index in [0.717, 1.165) is 33.4 Å². The summed E-state index contributed by atoms with van der Waals surface area (Å²) >= 11 is 0. The number of hydrogen-bond donors (Lipinski definition) is 6. The van der Waals surface area contributed by atoms with Gasteiger partial charge in [-0.15, -0.1) is 0 Å². The van der Waals surface area contributed by atoms with Crippen molar-refractivity contribution in [1.82, 2.24) is 21.3 Å². The summed E-state index contributed by atoms with van der Waals surface area (Å²) in [6.07, 6.45) is 0. The Morgan fingerprint density at radius 1 is 0.586 bits per heavy atom. The van der Waals surface area contributed by atoms with Crippen molar-refractivity contribution >= 4 is 0 Å². The molecule has 0 aromatic heterocycles. The monoisotopic (exact) mass is 400 g/mol. The van der Waals surface area contributed by atoms with Crippen molar-refractivity contribution in [3.05, 3.63) is 57.6 Å². The van der Waals surface area contributed by atoms with Gasteiger partial charge in [-0.05, 0) is 63.6 Å². The van der Waals surface area contributed by atoms with Crippen LogP contribution in [0.5, 0.6) is 11.5 Å². The molecule has 0 fully saturated rings. The third-order valence-electron chi connectivity index (χ3n) is 5.45. The van der Waals surface area contributed by atoms with Crippen LogP contribution in [0.3, 0.4) is 0 Å². The number of benzene rings is 2. The van der Waals surface area contributed by atoms with E-state index in [4.69, 9.17) is 0 Å². The van der Waals surface area contributed by atoms with Gasteiger partial charge in [0.25, 0.3) is 0 Å². The summed E-state index contributed by atoms with van der Waals surface area (Å²) in [5.41, 5.74) is 5.48. The van der Waals surface area contributed by atoms with Gasteiger partial charge in [0.2, 0.25) is 0 Å². The molecule has 0 bridgehead atoms. The van der Waals surface area contributed by atoms with Crippen molar-refractivity contribution in [3.8, 4) is 11.5 Å². The third kappa shape index (κ3) is 5.08. The quantitative estimate of drug-likeness (QED) is 0.367. The summed E-state index contributed by atoms with van der Waals surface area (Å²) in [6.45, 7) is 6.75. The Morgan fingerprint density at radius 2 is 0.828 bits per heavy atom. The molecule has 2 rings (SSSR count). The first-order valence-electron chi connectivity index (χ1n) is 10.1. The predicted octanol–water partition coefficient (Wildman–Crippen LogP) is 2.30. The molecular formula is C23H36N4O2. The lowest BCUT2D eigenvalue weighted by molar-refractivity contribution is 0.454. The number of phenolic OH excluding ortho intramolecular Hbond substituents is 2. The number of hydrogen-bond acceptors (Lipinski definition) is 6. The van der Waals surface area contributed by atoms with Gasteiger partial charge in [0.1, 0.15) is 11.5 Å². The Hall–Kier alpha value is -2.12. The fourth-order valence-corrected chi connectivity index (χ4v) is 3.71. The molecule has 0 aliphatic heterocycles. The molecule has 0 saturated carbocycles. The molecule has 6 nitrogen and oxygen atoms in total. The largest absolute Gasteiger partial charge is 0.507 e. The average molecular weight is 401 g/mol. The van der Waals surface area contributed by atoms with Crippen LogP contribution in [0.4, 0.5) is 0 Å². The molecule has 29 heavy (non-hydrogen) atoms. The van der Waals surface area contributed by atoms with Gasteiger partial charge >= 0.3 is 0 Å². The summed E-state index contributed by atoms with van der Waals surface area (Å²) in [5.74, 6) is 0.677. The van der Waals surface area contributed by atoms with Gasteiger partial charge in [0, 0.05) is 53.8 Å². The van der Waals surface area contributed by atoms with E-state index >= 15 is 0 Å². The van der Waals surface area contributed by atoms with Crippen LogP contribution in [0.2, 0.25) is 0 Å². The SMILES string of the molecule is CNCc1cc(C(C)(C)c2cc(CNC)c(O)c(CNC)c2)cc(CNC)c1O. The first-order valence-corrected chi connectivity index (χ1v) is 10.1. The molecule has 2 aromatic carbocycles. The Labute approximate surface area is 174 Å². The van der Waals surface area contributed by atoms with Crippen LogP contribution in [-0.2, 0) is 31.6 Å². The minimum atomic E-state index is -0.308. The molecule has 0 saturated heterocycles. The number of phenols is 2. The minimum absolute atomic E-state index is 0.308. The van der Waals surface area contributed by atoms with E-state index in [-0.39, 0.29) is 5.41 Å². The Balaban J connectivity index is 2.64. The summed E-state index contributed by atoms with van der Waals surface area (Å²) in [4.78, 5) is 0. The molecule has 0 aliphatic rings. The lowest BCUT2D eigenvalue weighted by Gasteiger charge is -2.29. The molecule has 0 radical (unpaired) electrons. The fraction of sp³-hybridized carbons (Fsp3) is 0.478. The second-order valence-corrected chi connectivity index (χ2v) is 8.03. The molecular weight excluding hydrogens is 364 g/mol. The Kier molecular flexibility index (Phi) is 8.05. The van der Waals surface area contributed by atoms with Crippen molar-refractivity contribution in [3.63, 3.8) is 0 Å². The standard InChI is InChI=1S/C23H36N4O2/c1-23(2,19-7-15(11-24-3)21(28)16(8-19)12-25-4)20-9-17(13-26-5)22(29)18(10-20)14-27-6/h7-10,24-29H,11-14H2,1-6H3. The molecule has 6 heteroatoms. The van der Waals surface area contributed by atoms with E-state index in [2.05, 4.69) is 59.4 Å². The van der Waals surface area contributed by atoms with Gasteiger partial charge in [-0.3, -0.25) is 0 Å². The highest BCUT2D eigenvalue weighted by Gasteiger charge is 2.27. The van der Waals surface area contributed by atoms with Crippen molar-refractivity contribution in [2.24, 2.45) is 0 Å². The van der Waals surface area contributed by atoms with Crippen molar-refractivity contribution in [2.75, 3.05) is 28.2 Å². The molecule has 0 amide bonds. The molecule has 0 aliphatic carbocycles. The number of rotatable bonds is 10. The van der Waals surface area contributed by atoms with E-state index < -0.39 is 0 Å². The summed E-state index contributed by atoms with van der Waals surface area (Å²) in [5, 5.41) is 33.9. The lowest BCUT2D eigenvalue weighted by atomic mass is 9.75. The molecule has 0 atom stereocenters. The van der Waals surface area contributed by atoms with Crippen LogP contribution < -0.4 is 21.3 Å². The van der Waals surface area contributed by atoms with E-state index in [1.54, 1.807) is 0 Å². The average Bonchev–Trinajstić information content (AvgIpc) is 2.68. The van der Waals surface area contributed by atoms with Gasteiger partial charge in [-0.25, -0.2) is 0 Å². The zero-order valence-electron chi connectivity index (χ0n) is 18.5. The zero-order valence-corrected chi connectivity index (χ0v) is 18.5. The highest BCUT2D eigenvalue weighted by atomic mass is 16.3. The van der Waals surface area contributed by atoms with Crippen LogP contribution in [0.1, 0.15) is 47.2 Å². The molecule has 0 heterocycles. The van der Waals surface area contributed by atoms with Crippen molar-refractivity contribution in [1.29, 1.82) is 0 Å². The van der Waals surface area contributed by atoms with Crippen molar-refractivity contribution < 1.29 is 10.2 Å². The summed E-state index contributed by atoms with van der Waals surface area (Å²) in [6, 6.07) is 8.31. The molecule has 0 spiro atoms. The number of nitrogens with one attached hydrogen (secondary N) is 4. The normalized spacial score (nSPS) is 11.8. The molecule has 2 aromatic rings. The first kappa shape index (κ1) is 23.2. The van der Waals surface area contributed by atoms with E-state index in [1.807, 2.05) is 28.2 Å². The molecule has 0 unspecified atom stereocenters. The van der Waals surface area contributed by atoms with Crippen LogP contribution in [0.15, 0.2) is 24.3 Å². The van der Waals surface area contributed by atoms with Crippen LogP contribution in [0.25, 0.3) is 0 Å². The predicted molar refractivity (Wildman–Crippen MR) is 119 cm³/mol. The van der Waals surface area contributed by atoms with E-state index in [0.29, 0.717) is 37.7 Å². The minimum Gasteiger partial charge on any atom is -0.507 e.